The lowest BCUT2D eigenvalue weighted by molar-refractivity contribution is -0.129. The van der Waals surface area contributed by atoms with E-state index in [0.717, 1.165) is 21.6 Å². The number of benzene rings is 2. The number of likely N-dealkylation sites (N-methyl/N-ethyl adjacent to an activating group) is 1. The molecule has 4 heterocycles. The highest BCUT2D eigenvalue weighted by atomic mass is 35.5. The van der Waals surface area contributed by atoms with Crippen LogP contribution < -0.4 is 15.5 Å². The van der Waals surface area contributed by atoms with E-state index in [1.807, 2.05) is 13.8 Å². The first-order valence-electron chi connectivity index (χ1n) is 14.8. The van der Waals surface area contributed by atoms with E-state index in [1.54, 1.807) is 31.0 Å². The van der Waals surface area contributed by atoms with Crippen molar-refractivity contribution in [3.05, 3.63) is 81.3 Å². The monoisotopic (exact) mass is 666 g/mol. The number of carbonyl (C=O) groups excluding carboxylic acids is 2. The molecule has 0 spiro atoms. The van der Waals surface area contributed by atoms with Crippen molar-refractivity contribution in [2.75, 3.05) is 29.9 Å². The van der Waals surface area contributed by atoms with E-state index in [4.69, 9.17) is 11.6 Å². The number of hydrogen-bond acceptors (Lipinski definition) is 7. The SMILES string of the molecule is C=CC(=O)N1CC(C)N2c3nc(=O)n(-c4c(C)ccnc4C(C)C)c4c(Cl)c(-c5c(O)ccc(F)c5F)c(F)c(c34)N(C)C(=O)C2C1. The molecule has 2 atom stereocenters. The molecule has 2 aromatic heterocycles. The smallest absolute Gasteiger partial charge is 0.354 e. The average Bonchev–Trinajstić information content (AvgIpc) is 3.11. The van der Waals surface area contributed by atoms with Crippen LogP contribution in [0.25, 0.3) is 27.7 Å². The highest BCUT2D eigenvalue weighted by Gasteiger charge is 2.46. The van der Waals surface area contributed by atoms with Gasteiger partial charge in [-0.1, -0.05) is 32.0 Å². The van der Waals surface area contributed by atoms with Gasteiger partial charge in [0.15, 0.2) is 17.5 Å². The minimum absolute atomic E-state index is 0.0567. The molecule has 0 saturated carbocycles. The summed E-state index contributed by atoms with van der Waals surface area (Å²) in [6.07, 6.45) is 2.69. The quantitative estimate of drug-likeness (QED) is 0.297. The number of amides is 2. The molecule has 6 rings (SSSR count). The van der Waals surface area contributed by atoms with E-state index in [9.17, 15) is 23.9 Å². The number of nitrogens with zero attached hydrogens (tertiary/aromatic N) is 6. The predicted octanol–water partition coefficient (Wildman–Crippen LogP) is 5.22. The number of rotatable bonds is 4. The van der Waals surface area contributed by atoms with E-state index in [2.05, 4.69) is 16.5 Å². The Bertz CT molecular complexity index is 2100. The molecule has 0 radical (unpaired) electrons. The maximum atomic E-state index is 17.1. The van der Waals surface area contributed by atoms with Gasteiger partial charge in [0.2, 0.25) is 5.91 Å². The first-order chi connectivity index (χ1) is 22.2. The van der Waals surface area contributed by atoms with Gasteiger partial charge in [-0.05, 0) is 49.6 Å². The largest absolute Gasteiger partial charge is 0.507 e. The zero-order chi connectivity index (χ0) is 34.2. The van der Waals surface area contributed by atoms with Crippen LogP contribution in [0.4, 0.5) is 24.7 Å². The summed E-state index contributed by atoms with van der Waals surface area (Å²) in [6.45, 7) is 10.7. The number of anilines is 2. The molecule has 2 aliphatic rings. The van der Waals surface area contributed by atoms with Gasteiger partial charge in [0.05, 0.1) is 45.1 Å². The average molecular weight is 667 g/mol. The number of aryl methyl sites for hydroxylation is 1. The van der Waals surface area contributed by atoms with Gasteiger partial charge < -0.3 is 19.8 Å². The fraction of sp³-hybridized carbons (Fsp3) is 0.303. The van der Waals surface area contributed by atoms with Gasteiger partial charge in [0, 0.05) is 31.4 Å². The summed E-state index contributed by atoms with van der Waals surface area (Å²) in [6, 6.07) is 1.45. The number of hydrogen-bond donors (Lipinski definition) is 1. The summed E-state index contributed by atoms with van der Waals surface area (Å²) < 4.78 is 48.4. The molecule has 1 fully saturated rings. The minimum atomic E-state index is -1.59. The standard InChI is InChI=1S/C33H30ClF3N6O4/c1-7-20(45)41-12-16(5)42-18(13-41)32(46)40(6)30-23-29(24(34)22(26(30)37)21-19(44)9-8-17(35)25(21)36)43(33(47)39-31(23)42)28-15(4)10-11-38-27(28)14(2)3/h7-11,14,16,18,44H,1,12-13H2,2-6H3. The van der Waals surface area contributed by atoms with Crippen LogP contribution >= 0.6 is 11.6 Å². The van der Waals surface area contributed by atoms with E-state index in [1.165, 1.54) is 11.9 Å². The van der Waals surface area contributed by atoms with Crippen LogP contribution in [0.1, 0.15) is 37.9 Å². The van der Waals surface area contributed by atoms with E-state index in [0.29, 0.717) is 17.3 Å². The van der Waals surface area contributed by atoms with Crippen molar-refractivity contribution in [3.63, 3.8) is 0 Å². The third-order valence-electron chi connectivity index (χ3n) is 8.79. The fourth-order valence-corrected chi connectivity index (χ4v) is 7.01. The number of phenolic OH excluding ortho intramolecular Hbond substituents is 1. The molecule has 10 nitrogen and oxygen atoms in total. The van der Waals surface area contributed by atoms with Crippen LogP contribution in [0, 0.1) is 24.4 Å². The van der Waals surface area contributed by atoms with Crippen LogP contribution in [0.2, 0.25) is 5.02 Å². The normalized spacial score (nSPS) is 17.7. The van der Waals surface area contributed by atoms with Gasteiger partial charge in [0.1, 0.15) is 17.6 Å². The number of pyridine rings is 1. The topological polar surface area (TPSA) is 112 Å². The highest BCUT2D eigenvalue weighted by molar-refractivity contribution is 6.39. The predicted molar refractivity (Wildman–Crippen MR) is 172 cm³/mol. The van der Waals surface area contributed by atoms with Crippen molar-refractivity contribution < 1.29 is 27.9 Å². The Morgan fingerprint density at radius 2 is 1.81 bits per heavy atom. The number of aromatic hydroxyl groups is 1. The Hall–Kier alpha value is -4.91. The highest BCUT2D eigenvalue weighted by Crippen LogP contribution is 2.50. The summed E-state index contributed by atoms with van der Waals surface area (Å²) >= 11 is 7.01. The molecule has 2 aliphatic heterocycles. The molecule has 0 bridgehead atoms. The first-order valence-corrected chi connectivity index (χ1v) is 15.2. The molecule has 2 aromatic carbocycles. The Labute approximate surface area is 272 Å². The molecule has 0 aliphatic carbocycles. The Morgan fingerprint density at radius 3 is 2.47 bits per heavy atom. The van der Waals surface area contributed by atoms with E-state index < -0.39 is 74.6 Å². The van der Waals surface area contributed by atoms with Gasteiger partial charge in [0.25, 0.3) is 5.91 Å². The lowest BCUT2D eigenvalue weighted by Gasteiger charge is -2.45. The van der Waals surface area contributed by atoms with Gasteiger partial charge >= 0.3 is 5.69 Å². The van der Waals surface area contributed by atoms with Crippen molar-refractivity contribution in [1.29, 1.82) is 0 Å². The van der Waals surface area contributed by atoms with Crippen LogP contribution in [-0.2, 0) is 9.59 Å². The molecule has 14 heteroatoms. The van der Waals surface area contributed by atoms with Gasteiger partial charge in [-0.2, -0.15) is 4.98 Å². The van der Waals surface area contributed by atoms with Gasteiger partial charge in [-0.25, -0.2) is 18.0 Å². The lowest BCUT2D eigenvalue weighted by atomic mass is 9.97. The third-order valence-corrected chi connectivity index (χ3v) is 9.15. The first kappa shape index (κ1) is 32.0. The minimum Gasteiger partial charge on any atom is -0.507 e. The van der Waals surface area contributed by atoms with E-state index in [-0.39, 0.29) is 41.4 Å². The number of phenols is 1. The fourth-order valence-electron chi connectivity index (χ4n) is 6.65. The van der Waals surface area contributed by atoms with Crippen molar-refractivity contribution in [1.82, 2.24) is 19.4 Å². The summed E-state index contributed by atoms with van der Waals surface area (Å²) in [5.41, 5.74) is -1.80. The third kappa shape index (κ3) is 4.66. The maximum absolute atomic E-state index is 17.1. The molecule has 1 N–H and O–H groups in total. The molecular weight excluding hydrogens is 637 g/mol. The molecule has 4 aromatic rings. The van der Waals surface area contributed by atoms with Crippen LogP contribution in [0.15, 0.2) is 41.8 Å². The molecular formula is C33H30ClF3N6O4. The second-order valence-corrected chi connectivity index (χ2v) is 12.4. The Balaban J connectivity index is 1.85. The van der Waals surface area contributed by atoms with Gasteiger partial charge in [-0.3, -0.25) is 19.1 Å². The van der Waals surface area contributed by atoms with Crippen LogP contribution in [0.3, 0.4) is 0 Å². The summed E-state index contributed by atoms with van der Waals surface area (Å²) in [5.74, 6) is -6.47. The molecule has 47 heavy (non-hydrogen) atoms. The van der Waals surface area contributed by atoms with Crippen molar-refractivity contribution in [3.8, 4) is 22.6 Å². The van der Waals surface area contributed by atoms with Crippen molar-refractivity contribution in [2.45, 2.75) is 45.7 Å². The van der Waals surface area contributed by atoms with Gasteiger partial charge in [-0.15, -0.1) is 0 Å². The molecule has 244 valence electrons. The molecule has 2 amide bonds. The summed E-state index contributed by atoms with van der Waals surface area (Å²) in [4.78, 5) is 54.1. The van der Waals surface area contributed by atoms with Crippen molar-refractivity contribution >= 4 is 45.8 Å². The lowest BCUT2D eigenvalue weighted by Crippen LogP contribution is -2.63. The Morgan fingerprint density at radius 1 is 1.11 bits per heavy atom. The number of fused-ring (bicyclic) bond motifs is 2. The van der Waals surface area contributed by atoms with Crippen LogP contribution in [-0.4, -0.2) is 68.6 Å². The second kappa shape index (κ2) is 11.4. The number of carbonyl (C=O) groups is 2. The Kier molecular flexibility index (Phi) is 7.78. The van der Waals surface area contributed by atoms with Crippen LogP contribution in [0.5, 0.6) is 5.75 Å². The zero-order valence-corrected chi connectivity index (χ0v) is 26.9. The van der Waals surface area contributed by atoms with Crippen molar-refractivity contribution in [2.24, 2.45) is 0 Å². The number of aromatic nitrogens is 3. The number of piperazine rings is 1. The molecule has 1 saturated heterocycles. The molecule has 2 unspecified atom stereocenters. The van der Waals surface area contributed by atoms with E-state index >= 15 is 8.78 Å². The number of halogens is 4. The summed E-state index contributed by atoms with van der Waals surface area (Å²) in [5, 5.41) is 10.2. The second-order valence-electron chi connectivity index (χ2n) is 12.0. The zero-order valence-electron chi connectivity index (χ0n) is 26.1. The summed E-state index contributed by atoms with van der Waals surface area (Å²) in [7, 11) is 1.29. The maximum Gasteiger partial charge on any atom is 0.354 e.